The zero-order valence-corrected chi connectivity index (χ0v) is 8.10. The number of likely N-dealkylation sites (tertiary alicyclic amines) is 1. The molecule has 6 nitrogen and oxygen atoms in total. The molecule has 0 amide bonds. The second-order valence-corrected chi connectivity index (χ2v) is 3.49. The number of hydrogen-bond donors (Lipinski definition) is 2. The average molecular weight is 198 g/mol. The number of aromatic nitrogens is 2. The molecule has 1 aromatic rings. The first-order chi connectivity index (χ1) is 6.74. The molecule has 0 atom stereocenters. The van der Waals surface area contributed by atoms with E-state index in [1.807, 2.05) is 0 Å². The minimum absolute atomic E-state index is 0.151. The summed E-state index contributed by atoms with van der Waals surface area (Å²) in [5.41, 5.74) is 0. The van der Waals surface area contributed by atoms with E-state index >= 15 is 0 Å². The molecule has 1 aliphatic heterocycles. The number of nitrogens with zero attached hydrogens (tertiary/aromatic N) is 3. The van der Waals surface area contributed by atoms with E-state index in [1.165, 1.54) is 0 Å². The Kier molecular flexibility index (Phi) is 2.76. The van der Waals surface area contributed by atoms with Gasteiger partial charge in [-0.1, -0.05) is 0 Å². The second kappa shape index (κ2) is 4.04. The van der Waals surface area contributed by atoms with Gasteiger partial charge >= 0.3 is 0 Å². The van der Waals surface area contributed by atoms with Gasteiger partial charge in [0.05, 0.1) is 12.6 Å². The van der Waals surface area contributed by atoms with Crippen LogP contribution in [0.5, 0.6) is 0 Å². The van der Waals surface area contributed by atoms with Crippen molar-refractivity contribution in [1.82, 2.24) is 20.4 Å². The van der Waals surface area contributed by atoms with Gasteiger partial charge in [0.2, 0.25) is 11.8 Å². The summed E-state index contributed by atoms with van der Waals surface area (Å²) in [4.78, 5) is 2.11. The van der Waals surface area contributed by atoms with Crippen LogP contribution < -0.4 is 5.32 Å². The summed E-state index contributed by atoms with van der Waals surface area (Å²) >= 11 is 0. The molecule has 1 saturated heterocycles. The van der Waals surface area contributed by atoms with Crippen LogP contribution in [-0.4, -0.2) is 46.1 Å². The molecule has 6 heteroatoms. The van der Waals surface area contributed by atoms with Gasteiger partial charge in [-0.3, -0.25) is 10.2 Å². The minimum Gasteiger partial charge on any atom is -0.424 e. The van der Waals surface area contributed by atoms with Crippen LogP contribution in [0.15, 0.2) is 4.42 Å². The third-order valence-corrected chi connectivity index (χ3v) is 2.12. The fraction of sp³-hybridized carbons (Fsp3) is 0.750. The second-order valence-electron chi connectivity index (χ2n) is 3.49. The number of nitrogens with one attached hydrogen (secondary N) is 1. The van der Waals surface area contributed by atoms with Crippen molar-refractivity contribution >= 4 is 0 Å². The van der Waals surface area contributed by atoms with Crippen LogP contribution in [0.25, 0.3) is 0 Å². The van der Waals surface area contributed by atoms with Crippen LogP contribution >= 0.6 is 0 Å². The van der Waals surface area contributed by atoms with Crippen LogP contribution in [0.3, 0.4) is 0 Å². The molecule has 0 spiro atoms. The molecule has 1 aromatic heterocycles. The smallest absolute Gasteiger partial charge is 0.230 e. The third-order valence-electron chi connectivity index (χ3n) is 2.12. The summed E-state index contributed by atoms with van der Waals surface area (Å²) in [6.45, 7) is 4.58. The van der Waals surface area contributed by atoms with E-state index in [1.54, 1.807) is 6.92 Å². The lowest BCUT2D eigenvalue weighted by Crippen LogP contribution is -2.53. The molecule has 2 N–H and O–H groups in total. The van der Waals surface area contributed by atoms with Gasteiger partial charge in [-0.25, -0.2) is 0 Å². The molecular weight excluding hydrogens is 184 g/mol. The molecule has 2 heterocycles. The van der Waals surface area contributed by atoms with Gasteiger partial charge in [-0.2, -0.15) is 0 Å². The van der Waals surface area contributed by atoms with Crippen molar-refractivity contribution in [1.29, 1.82) is 0 Å². The van der Waals surface area contributed by atoms with Gasteiger partial charge in [-0.05, 0) is 0 Å². The number of aliphatic hydroxyl groups excluding tert-OH is 1. The first-order valence-corrected chi connectivity index (χ1v) is 4.64. The first kappa shape index (κ1) is 9.57. The summed E-state index contributed by atoms with van der Waals surface area (Å²) < 4.78 is 5.19. The molecule has 78 valence electrons. The van der Waals surface area contributed by atoms with Gasteiger partial charge < -0.3 is 9.52 Å². The van der Waals surface area contributed by atoms with Crippen LogP contribution in [0.4, 0.5) is 0 Å². The summed E-state index contributed by atoms with van der Waals surface area (Å²) in [7, 11) is 0. The number of aryl methyl sites for hydroxylation is 1. The van der Waals surface area contributed by atoms with Gasteiger partial charge in [0.1, 0.15) is 0 Å². The topological polar surface area (TPSA) is 74.4 Å². The summed E-state index contributed by atoms with van der Waals surface area (Å²) in [5, 5.41) is 19.8. The highest BCUT2D eigenvalue weighted by molar-refractivity contribution is 4.80. The quantitative estimate of drug-likeness (QED) is 0.653. The van der Waals surface area contributed by atoms with Gasteiger partial charge in [0, 0.05) is 26.7 Å². The maximum absolute atomic E-state index is 9.03. The Bertz CT molecular complexity index is 295. The highest BCUT2D eigenvalue weighted by Gasteiger charge is 2.23. The molecule has 14 heavy (non-hydrogen) atoms. The third kappa shape index (κ3) is 2.28. The first-order valence-electron chi connectivity index (χ1n) is 4.64. The van der Waals surface area contributed by atoms with Crippen LogP contribution in [0, 0.1) is 6.92 Å². The molecule has 2 rings (SSSR count). The molecular formula is C8H14N4O2. The molecule has 0 unspecified atom stereocenters. The maximum atomic E-state index is 9.03. The van der Waals surface area contributed by atoms with Crippen molar-refractivity contribution in [3.05, 3.63) is 11.8 Å². The maximum Gasteiger partial charge on any atom is 0.230 e. The normalized spacial score (nSPS) is 18.4. The van der Waals surface area contributed by atoms with Gasteiger partial charge in [0.25, 0.3) is 0 Å². The predicted octanol–water partition coefficient (Wildman–Crippen LogP) is -0.898. The van der Waals surface area contributed by atoms with Crippen LogP contribution in [0.1, 0.15) is 11.8 Å². The zero-order valence-electron chi connectivity index (χ0n) is 8.10. The molecule has 1 fully saturated rings. The van der Waals surface area contributed by atoms with E-state index in [4.69, 9.17) is 9.52 Å². The summed E-state index contributed by atoms with van der Waals surface area (Å²) in [6, 6.07) is 0. The summed E-state index contributed by atoms with van der Waals surface area (Å²) in [6.07, 6.45) is -0.151. The fourth-order valence-corrected chi connectivity index (χ4v) is 1.40. The minimum atomic E-state index is -0.151. The van der Waals surface area contributed by atoms with Crippen molar-refractivity contribution in [3.8, 4) is 0 Å². The monoisotopic (exact) mass is 198 g/mol. The fourth-order valence-electron chi connectivity index (χ4n) is 1.40. The van der Waals surface area contributed by atoms with E-state index < -0.39 is 0 Å². The van der Waals surface area contributed by atoms with E-state index in [0.29, 0.717) is 18.3 Å². The van der Waals surface area contributed by atoms with E-state index in [2.05, 4.69) is 20.4 Å². The van der Waals surface area contributed by atoms with Crippen molar-refractivity contribution in [2.75, 3.05) is 19.8 Å². The van der Waals surface area contributed by atoms with Crippen molar-refractivity contribution in [3.63, 3.8) is 0 Å². The van der Waals surface area contributed by atoms with Crippen LogP contribution in [0.2, 0.25) is 0 Å². The molecule has 0 radical (unpaired) electrons. The molecule has 0 aromatic carbocycles. The predicted molar refractivity (Wildman–Crippen MR) is 48.3 cm³/mol. The Hall–Kier alpha value is -0.980. The Balaban J connectivity index is 1.63. The lowest BCUT2D eigenvalue weighted by molar-refractivity contribution is -0.00289. The largest absolute Gasteiger partial charge is 0.424 e. The standard InChI is InChI=1S/C8H14N4O2/c1-6-10-11-8(14-6)2-9-5-12-3-7(13)4-12/h7,9,13H,2-5H2,1H3. The van der Waals surface area contributed by atoms with E-state index in [-0.39, 0.29) is 6.10 Å². The average Bonchev–Trinajstić information content (AvgIpc) is 2.48. The van der Waals surface area contributed by atoms with Crippen molar-refractivity contribution < 1.29 is 9.52 Å². The molecule has 0 aliphatic carbocycles. The van der Waals surface area contributed by atoms with E-state index in [9.17, 15) is 0 Å². The molecule has 0 bridgehead atoms. The zero-order chi connectivity index (χ0) is 9.97. The van der Waals surface area contributed by atoms with Crippen molar-refractivity contribution in [2.24, 2.45) is 0 Å². The number of hydrogen-bond acceptors (Lipinski definition) is 6. The molecule has 0 saturated carbocycles. The number of rotatable bonds is 4. The van der Waals surface area contributed by atoms with E-state index in [0.717, 1.165) is 19.8 Å². The Morgan fingerprint density at radius 3 is 2.93 bits per heavy atom. The number of β-amino-alcohol motifs (C(OH)–C–C–N with tert-alkyl or cyclic N) is 1. The lowest BCUT2D eigenvalue weighted by atomic mass is 10.2. The Morgan fingerprint density at radius 2 is 2.36 bits per heavy atom. The number of aliphatic hydroxyl groups is 1. The molecule has 1 aliphatic rings. The van der Waals surface area contributed by atoms with Crippen LogP contribution in [-0.2, 0) is 6.54 Å². The SMILES string of the molecule is Cc1nnc(CNCN2CC(O)C2)o1. The van der Waals surface area contributed by atoms with Gasteiger partial charge in [0.15, 0.2) is 0 Å². The Morgan fingerprint density at radius 1 is 1.57 bits per heavy atom. The highest BCUT2D eigenvalue weighted by Crippen LogP contribution is 2.04. The van der Waals surface area contributed by atoms with Gasteiger partial charge in [-0.15, -0.1) is 10.2 Å². The lowest BCUT2D eigenvalue weighted by Gasteiger charge is -2.35. The Labute approximate surface area is 81.9 Å². The highest BCUT2D eigenvalue weighted by atomic mass is 16.4. The van der Waals surface area contributed by atoms with Crippen molar-refractivity contribution in [2.45, 2.75) is 19.6 Å². The summed E-state index contributed by atoms with van der Waals surface area (Å²) in [5.74, 6) is 1.18.